The first kappa shape index (κ1) is 27.0. The lowest BCUT2D eigenvalue weighted by Crippen LogP contribution is -2.31. The summed E-state index contributed by atoms with van der Waals surface area (Å²) in [6, 6.07) is 4.91. The number of hydrogen-bond acceptors (Lipinski definition) is 8. The smallest absolute Gasteiger partial charge is 0.338 e. The van der Waals surface area contributed by atoms with Crippen molar-refractivity contribution < 1.29 is 37.7 Å². The lowest BCUT2D eigenvalue weighted by molar-refractivity contribution is 0.0695. The minimum absolute atomic E-state index is 0. The summed E-state index contributed by atoms with van der Waals surface area (Å²) < 4.78 is 64.0. The molecular weight excluding hydrogens is 550 g/mol. The van der Waals surface area contributed by atoms with E-state index in [0.717, 1.165) is 12.1 Å². The first-order valence-corrected chi connectivity index (χ1v) is 10.9. The SMILES string of the molecule is Nc1cccc(S(=O)(=O)NC(=O)c2cc(F)c(F)nc2Cl)n1.O=C(O)c1cc(F)c(Cl)nc1Cl.[HH]. The second-order valence-corrected chi connectivity index (χ2v) is 8.54. The van der Waals surface area contributed by atoms with Gasteiger partial charge in [-0.2, -0.15) is 12.8 Å². The zero-order valence-corrected chi connectivity index (χ0v) is 19.1. The molecule has 3 aromatic rings. The van der Waals surface area contributed by atoms with E-state index in [2.05, 4.69) is 15.0 Å². The molecule has 182 valence electrons. The Morgan fingerprint density at radius 1 is 0.941 bits per heavy atom. The van der Waals surface area contributed by atoms with Crippen LogP contribution in [0.3, 0.4) is 0 Å². The fraction of sp³-hybridized carbons (Fsp3) is 0. The maximum absolute atomic E-state index is 13.1. The molecule has 4 N–H and O–H groups in total. The fourth-order valence-electron chi connectivity index (χ4n) is 2.01. The number of halogens is 6. The molecule has 0 aromatic carbocycles. The van der Waals surface area contributed by atoms with Gasteiger partial charge in [0.1, 0.15) is 16.1 Å². The van der Waals surface area contributed by atoms with Crippen LogP contribution in [0, 0.1) is 17.6 Å². The number of nitrogen functional groups attached to an aromatic ring is 1. The molecule has 0 fully saturated rings. The standard InChI is InChI=1S/C11H7ClF2N4O3S.C6H2Cl2FNO2.H2/c12-9-5(4-6(13)10(14)17-9)11(19)18-22(20,21)8-3-1-2-7(15)16-8;7-4-2(6(11)12)1-3(9)5(8)10-4;/h1-4H,(H2,15,16)(H,18,19);1H,(H,11,12);1H. The number of nitrogens with two attached hydrogens (primary N) is 1. The number of pyridine rings is 3. The van der Waals surface area contributed by atoms with Crippen LogP contribution in [-0.4, -0.2) is 40.4 Å². The summed E-state index contributed by atoms with van der Waals surface area (Å²) in [5, 5.41) is 6.47. The van der Waals surface area contributed by atoms with Crippen LogP contribution in [0.15, 0.2) is 35.4 Å². The van der Waals surface area contributed by atoms with Crippen molar-refractivity contribution in [2.24, 2.45) is 0 Å². The van der Waals surface area contributed by atoms with Crippen molar-refractivity contribution in [3.05, 3.63) is 74.5 Å². The van der Waals surface area contributed by atoms with Gasteiger partial charge in [0, 0.05) is 1.43 Å². The number of amides is 1. The summed E-state index contributed by atoms with van der Waals surface area (Å²) in [5.74, 6) is -6.58. The average Bonchev–Trinajstić information content (AvgIpc) is 2.73. The molecule has 3 rings (SSSR count). The van der Waals surface area contributed by atoms with Crippen molar-refractivity contribution in [3.63, 3.8) is 0 Å². The summed E-state index contributed by atoms with van der Waals surface area (Å²) in [6.07, 6.45) is 0. The highest BCUT2D eigenvalue weighted by atomic mass is 35.5. The van der Waals surface area contributed by atoms with Gasteiger partial charge in [0.15, 0.2) is 21.8 Å². The average molecular weight is 561 g/mol. The van der Waals surface area contributed by atoms with Crippen molar-refractivity contribution >= 4 is 62.5 Å². The minimum atomic E-state index is -4.36. The highest BCUT2D eigenvalue weighted by Crippen LogP contribution is 2.20. The number of anilines is 1. The lowest BCUT2D eigenvalue weighted by Gasteiger charge is -2.07. The molecule has 0 saturated heterocycles. The van der Waals surface area contributed by atoms with E-state index < -0.39 is 65.9 Å². The maximum atomic E-state index is 13.1. The molecule has 34 heavy (non-hydrogen) atoms. The molecule has 1 amide bonds. The minimum Gasteiger partial charge on any atom is -0.478 e. The number of nitrogens with zero attached hydrogens (tertiary/aromatic N) is 3. The molecule has 0 aliphatic rings. The molecule has 17 heteroatoms. The van der Waals surface area contributed by atoms with Crippen molar-refractivity contribution in [3.8, 4) is 0 Å². The van der Waals surface area contributed by atoms with E-state index in [1.165, 1.54) is 12.1 Å². The van der Waals surface area contributed by atoms with Crippen LogP contribution in [0.4, 0.5) is 19.0 Å². The zero-order chi connectivity index (χ0) is 25.8. The molecule has 0 bridgehead atoms. The van der Waals surface area contributed by atoms with Gasteiger partial charge in [0.2, 0.25) is 5.95 Å². The van der Waals surface area contributed by atoms with Crippen LogP contribution in [0.5, 0.6) is 0 Å². The first-order valence-electron chi connectivity index (χ1n) is 8.29. The maximum Gasteiger partial charge on any atom is 0.338 e. The predicted octanol–water partition coefficient (Wildman–Crippen LogP) is 3.58. The third-order valence-corrected chi connectivity index (χ3v) is 5.57. The number of carboxylic acids is 1. The third kappa shape index (κ3) is 6.66. The van der Waals surface area contributed by atoms with Gasteiger partial charge in [0.05, 0.1) is 11.1 Å². The number of nitrogens with one attached hydrogen (secondary N) is 1. The lowest BCUT2D eigenvalue weighted by atomic mass is 10.3. The Kier molecular flexibility index (Phi) is 8.61. The Balaban J connectivity index is 0.000000401. The zero-order valence-electron chi connectivity index (χ0n) is 16.1. The second kappa shape index (κ2) is 10.8. The van der Waals surface area contributed by atoms with Gasteiger partial charge >= 0.3 is 5.97 Å². The molecule has 0 spiro atoms. The van der Waals surface area contributed by atoms with Gasteiger partial charge in [-0.15, -0.1) is 0 Å². The van der Waals surface area contributed by atoms with Crippen molar-refractivity contribution in [2.45, 2.75) is 5.03 Å². The number of hydrogen-bond donors (Lipinski definition) is 3. The monoisotopic (exact) mass is 559 g/mol. The van der Waals surface area contributed by atoms with Crippen LogP contribution in [-0.2, 0) is 10.0 Å². The summed E-state index contributed by atoms with van der Waals surface area (Å²) in [5.41, 5.74) is 4.30. The molecule has 0 aliphatic heterocycles. The number of carbonyl (C=O) groups excluding carboxylic acids is 1. The Labute approximate surface area is 205 Å². The summed E-state index contributed by atoms with van der Waals surface area (Å²) in [6.45, 7) is 0. The fourth-order valence-corrected chi connectivity index (χ4v) is 3.57. The number of carbonyl (C=O) groups is 2. The largest absolute Gasteiger partial charge is 0.478 e. The Morgan fingerprint density at radius 3 is 2.12 bits per heavy atom. The van der Waals surface area contributed by atoms with E-state index in [9.17, 15) is 31.2 Å². The van der Waals surface area contributed by atoms with Gasteiger partial charge in [0.25, 0.3) is 15.9 Å². The van der Waals surface area contributed by atoms with Gasteiger partial charge in [-0.05, 0) is 24.3 Å². The van der Waals surface area contributed by atoms with E-state index >= 15 is 0 Å². The molecule has 3 heterocycles. The van der Waals surface area contributed by atoms with Gasteiger partial charge in [-0.1, -0.05) is 40.9 Å². The van der Waals surface area contributed by atoms with E-state index in [1.807, 2.05) is 0 Å². The van der Waals surface area contributed by atoms with Gasteiger partial charge in [-0.25, -0.2) is 33.2 Å². The molecule has 0 atom stereocenters. The number of carboxylic acid groups (broad SMARTS) is 1. The Bertz CT molecular complexity index is 1400. The molecule has 0 unspecified atom stereocenters. The molecule has 0 aliphatic carbocycles. The molecule has 3 aromatic heterocycles. The molecular formula is C17H11Cl3F3N5O5S. The van der Waals surface area contributed by atoms with E-state index in [4.69, 9.17) is 45.6 Å². The second-order valence-electron chi connectivity index (χ2n) is 5.84. The van der Waals surface area contributed by atoms with Gasteiger partial charge in [-0.3, -0.25) is 4.79 Å². The summed E-state index contributed by atoms with van der Waals surface area (Å²) >= 11 is 16.1. The van der Waals surface area contributed by atoms with Crippen LogP contribution in [0.1, 0.15) is 22.1 Å². The van der Waals surface area contributed by atoms with E-state index in [-0.39, 0.29) is 12.4 Å². The van der Waals surface area contributed by atoms with Crippen molar-refractivity contribution in [1.29, 1.82) is 0 Å². The highest BCUT2D eigenvalue weighted by molar-refractivity contribution is 7.90. The van der Waals surface area contributed by atoms with Crippen LogP contribution < -0.4 is 10.5 Å². The molecule has 0 saturated carbocycles. The topological polar surface area (TPSA) is 165 Å². The third-order valence-electron chi connectivity index (χ3n) is 3.50. The molecule has 10 nitrogen and oxygen atoms in total. The number of aromatic nitrogens is 3. The summed E-state index contributed by atoms with van der Waals surface area (Å²) in [7, 11) is -4.36. The van der Waals surface area contributed by atoms with E-state index in [1.54, 1.807) is 4.72 Å². The number of rotatable bonds is 4. The van der Waals surface area contributed by atoms with Crippen molar-refractivity contribution in [2.75, 3.05) is 5.73 Å². The number of aromatic carboxylic acids is 1. The van der Waals surface area contributed by atoms with Crippen LogP contribution in [0.2, 0.25) is 15.5 Å². The summed E-state index contributed by atoms with van der Waals surface area (Å²) in [4.78, 5) is 31.9. The molecule has 0 radical (unpaired) electrons. The first-order chi connectivity index (χ1) is 15.7. The number of sulfonamides is 1. The Hall–Kier alpha value is -3.20. The highest BCUT2D eigenvalue weighted by Gasteiger charge is 2.24. The van der Waals surface area contributed by atoms with Crippen LogP contribution >= 0.6 is 34.8 Å². The van der Waals surface area contributed by atoms with Crippen molar-refractivity contribution in [1.82, 2.24) is 19.7 Å². The van der Waals surface area contributed by atoms with Crippen LogP contribution in [0.25, 0.3) is 0 Å². The quantitative estimate of drug-likeness (QED) is 0.404. The normalized spacial score (nSPS) is 10.8. The van der Waals surface area contributed by atoms with E-state index in [0.29, 0.717) is 6.07 Å². The Morgan fingerprint density at radius 2 is 1.53 bits per heavy atom. The van der Waals surface area contributed by atoms with Gasteiger partial charge < -0.3 is 10.8 Å². The predicted molar refractivity (Wildman–Crippen MR) is 116 cm³/mol.